The van der Waals surface area contributed by atoms with Crippen LogP contribution in [0.2, 0.25) is 10.0 Å². The SMILES string of the molecule is CN1/C(=C/c2sc3cc(Cl)ccc3[n+]2C)Sc2cc(Cl)ccc21. The van der Waals surface area contributed by atoms with Crippen molar-refractivity contribution in [2.24, 2.45) is 7.05 Å². The number of aryl methyl sites for hydroxylation is 1. The predicted octanol–water partition coefficient (Wildman–Crippen LogP) is 5.57. The summed E-state index contributed by atoms with van der Waals surface area (Å²) in [6, 6.07) is 12.0. The van der Waals surface area contributed by atoms with Crippen LogP contribution in [0, 0.1) is 0 Å². The third-order valence-corrected chi connectivity index (χ3v) is 6.67. The van der Waals surface area contributed by atoms with E-state index in [-0.39, 0.29) is 0 Å². The van der Waals surface area contributed by atoms with E-state index in [4.69, 9.17) is 23.2 Å². The van der Waals surface area contributed by atoms with Crippen LogP contribution in [0.4, 0.5) is 5.69 Å². The Morgan fingerprint density at radius 3 is 2.65 bits per heavy atom. The molecule has 0 N–H and O–H groups in total. The fourth-order valence-electron chi connectivity index (χ4n) is 2.65. The number of rotatable bonds is 1. The average Bonchev–Trinajstić information content (AvgIpc) is 2.97. The van der Waals surface area contributed by atoms with Crippen LogP contribution in [0.1, 0.15) is 5.01 Å². The number of hydrogen-bond acceptors (Lipinski definition) is 3. The molecule has 3 aromatic rings. The predicted molar refractivity (Wildman–Crippen MR) is 102 cm³/mol. The molecule has 0 amide bonds. The minimum atomic E-state index is 0.771. The normalized spacial score (nSPS) is 15.7. The van der Waals surface area contributed by atoms with Gasteiger partial charge in [0.25, 0.3) is 5.01 Å². The zero-order chi connectivity index (χ0) is 16.1. The molecule has 0 atom stereocenters. The lowest BCUT2D eigenvalue weighted by molar-refractivity contribution is -0.642. The number of thiazole rings is 1. The second-order valence-corrected chi connectivity index (χ2v) is 8.36. The van der Waals surface area contributed by atoms with Gasteiger partial charge in [0.2, 0.25) is 5.52 Å². The van der Waals surface area contributed by atoms with Gasteiger partial charge in [0.1, 0.15) is 11.7 Å². The molecule has 1 aromatic heterocycles. The average molecular weight is 380 g/mol. The number of aromatic nitrogens is 1. The molecular formula is C17H13Cl2N2S2+. The van der Waals surface area contributed by atoms with E-state index in [0.717, 1.165) is 10.0 Å². The number of anilines is 1. The van der Waals surface area contributed by atoms with Crippen LogP contribution in [0.5, 0.6) is 0 Å². The first-order valence-electron chi connectivity index (χ1n) is 7.04. The number of thioether (sulfide) groups is 1. The van der Waals surface area contributed by atoms with Crippen molar-refractivity contribution in [1.82, 2.24) is 0 Å². The smallest absolute Gasteiger partial charge is 0.265 e. The summed E-state index contributed by atoms with van der Waals surface area (Å²) in [7, 11) is 4.17. The van der Waals surface area contributed by atoms with Crippen molar-refractivity contribution in [2.45, 2.75) is 4.90 Å². The quantitative estimate of drug-likeness (QED) is 0.510. The largest absolute Gasteiger partial charge is 0.338 e. The lowest BCUT2D eigenvalue weighted by atomic mass is 10.3. The maximum absolute atomic E-state index is 6.11. The first-order chi connectivity index (χ1) is 11.0. The molecule has 116 valence electrons. The Morgan fingerprint density at radius 1 is 1.09 bits per heavy atom. The molecule has 1 aliphatic heterocycles. The highest BCUT2D eigenvalue weighted by molar-refractivity contribution is 8.03. The summed E-state index contributed by atoms with van der Waals surface area (Å²) in [6.07, 6.45) is 2.22. The Kier molecular flexibility index (Phi) is 3.81. The Balaban J connectivity index is 1.78. The Labute approximate surface area is 152 Å². The van der Waals surface area contributed by atoms with Gasteiger partial charge in [0, 0.05) is 28.1 Å². The molecule has 6 heteroatoms. The Hall–Kier alpha value is -1.20. The standard InChI is InChI=1S/C17H13Cl2N2S2/c1-20-12-5-3-10(18)7-14(12)22-16(20)9-17-21(2)13-6-4-11(19)8-15(13)23-17/h3-9H,1-2H3/q+1. The topological polar surface area (TPSA) is 7.12 Å². The van der Waals surface area contributed by atoms with Gasteiger partial charge in [-0.25, -0.2) is 0 Å². The zero-order valence-corrected chi connectivity index (χ0v) is 15.7. The minimum Gasteiger partial charge on any atom is -0.338 e. The number of benzene rings is 2. The molecule has 0 radical (unpaired) electrons. The van der Waals surface area contributed by atoms with Gasteiger partial charge in [0.15, 0.2) is 0 Å². The second kappa shape index (κ2) is 5.71. The molecule has 2 aromatic carbocycles. The second-order valence-electron chi connectivity index (χ2n) is 5.37. The highest BCUT2D eigenvalue weighted by Crippen LogP contribution is 2.46. The van der Waals surface area contributed by atoms with Crippen LogP contribution in [-0.2, 0) is 7.05 Å². The maximum atomic E-state index is 6.11. The van der Waals surface area contributed by atoms with E-state index in [2.05, 4.69) is 41.8 Å². The maximum Gasteiger partial charge on any atom is 0.265 e. The highest BCUT2D eigenvalue weighted by atomic mass is 35.5. The molecule has 0 aliphatic carbocycles. The summed E-state index contributed by atoms with van der Waals surface area (Å²) in [6.45, 7) is 0. The molecule has 23 heavy (non-hydrogen) atoms. The Bertz CT molecular complexity index is 963. The highest BCUT2D eigenvalue weighted by Gasteiger charge is 2.24. The van der Waals surface area contributed by atoms with Crippen LogP contribution in [0.25, 0.3) is 16.3 Å². The lowest BCUT2D eigenvalue weighted by Crippen LogP contribution is -2.29. The summed E-state index contributed by atoms with van der Waals surface area (Å²) >= 11 is 15.7. The van der Waals surface area contributed by atoms with E-state index >= 15 is 0 Å². The van der Waals surface area contributed by atoms with Gasteiger partial charge in [-0.05, 0) is 30.3 Å². The van der Waals surface area contributed by atoms with E-state index < -0.39 is 0 Å². The molecule has 0 saturated carbocycles. The van der Waals surface area contributed by atoms with Gasteiger partial charge in [-0.2, -0.15) is 4.57 Å². The first-order valence-corrected chi connectivity index (χ1v) is 9.43. The van der Waals surface area contributed by atoms with E-state index in [0.29, 0.717) is 0 Å². The molecule has 1 aliphatic rings. The molecular weight excluding hydrogens is 367 g/mol. The van der Waals surface area contributed by atoms with Crippen molar-refractivity contribution >= 4 is 68.3 Å². The first kappa shape index (κ1) is 15.3. The van der Waals surface area contributed by atoms with Gasteiger partial charge >= 0.3 is 0 Å². The van der Waals surface area contributed by atoms with Crippen LogP contribution >= 0.6 is 46.3 Å². The molecule has 0 fully saturated rings. The van der Waals surface area contributed by atoms with E-state index in [1.807, 2.05) is 24.3 Å². The molecule has 0 spiro atoms. The van der Waals surface area contributed by atoms with Crippen molar-refractivity contribution in [1.29, 1.82) is 0 Å². The summed E-state index contributed by atoms with van der Waals surface area (Å²) in [5, 5.41) is 3.92. The van der Waals surface area contributed by atoms with Crippen LogP contribution < -0.4 is 9.47 Å². The number of halogens is 2. The van der Waals surface area contributed by atoms with Crippen molar-refractivity contribution < 1.29 is 4.57 Å². The van der Waals surface area contributed by atoms with Crippen LogP contribution in [0.15, 0.2) is 46.3 Å². The van der Waals surface area contributed by atoms with E-state index in [9.17, 15) is 0 Å². The van der Waals surface area contributed by atoms with Crippen molar-refractivity contribution in [2.75, 3.05) is 11.9 Å². The minimum absolute atomic E-state index is 0.771. The molecule has 0 saturated heterocycles. The molecule has 0 bridgehead atoms. The molecule has 2 nitrogen and oxygen atoms in total. The molecule has 4 rings (SSSR count). The van der Waals surface area contributed by atoms with Crippen molar-refractivity contribution in [3.63, 3.8) is 0 Å². The summed E-state index contributed by atoms with van der Waals surface area (Å²) in [5.74, 6) is 0. The van der Waals surface area contributed by atoms with E-state index in [1.165, 1.54) is 30.8 Å². The fourth-order valence-corrected chi connectivity index (χ4v) is 5.45. The summed E-state index contributed by atoms with van der Waals surface area (Å²) in [5.41, 5.74) is 2.38. The number of nitrogens with zero attached hydrogens (tertiary/aromatic N) is 2. The monoisotopic (exact) mass is 379 g/mol. The number of hydrogen-bond donors (Lipinski definition) is 0. The third kappa shape index (κ3) is 2.64. The van der Waals surface area contributed by atoms with Crippen LogP contribution in [0.3, 0.4) is 0 Å². The van der Waals surface area contributed by atoms with Crippen LogP contribution in [-0.4, -0.2) is 7.05 Å². The molecule has 2 heterocycles. The van der Waals surface area contributed by atoms with Gasteiger partial charge in [0.05, 0.1) is 16.8 Å². The summed E-state index contributed by atoms with van der Waals surface area (Å²) < 4.78 is 3.39. The zero-order valence-electron chi connectivity index (χ0n) is 12.5. The Morgan fingerprint density at radius 2 is 1.83 bits per heavy atom. The van der Waals surface area contributed by atoms with Gasteiger partial charge in [-0.15, -0.1) is 0 Å². The fraction of sp³-hybridized carbons (Fsp3) is 0.118. The van der Waals surface area contributed by atoms with E-state index in [1.54, 1.807) is 23.1 Å². The van der Waals surface area contributed by atoms with Gasteiger partial charge in [-0.1, -0.05) is 46.3 Å². The molecule has 0 unspecified atom stereocenters. The van der Waals surface area contributed by atoms with Crippen molar-refractivity contribution in [3.05, 3.63) is 56.5 Å². The third-order valence-electron chi connectivity index (χ3n) is 3.90. The summed E-state index contributed by atoms with van der Waals surface area (Å²) in [4.78, 5) is 3.39. The van der Waals surface area contributed by atoms with Crippen molar-refractivity contribution in [3.8, 4) is 0 Å². The van der Waals surface area contributed by atoms with Gasteiger partial charge in [-0.3, -0.25) is 0 Å². The lowest BCUT2D eigenvalue weighted by Gasteiger charge is -2.12. The number of fused-ring (bicyclic) bond motifs is 2. The van der Waals surface area contributed by atoms with Gasteiger partial charge < -0.3 is 4.90 Å².